The van der Waals surface area contributed by atoms with Crippen LogP contribution in [-0.2, 0) is 30.7 Å². The van der Waals surface area contributed by atoms with Crippen LogP contribution in [0.25, 0.3) is 10.2 Å². The van der Waals surface area contributed by atoms with Crippen LogP contribution in [0.5, 0.6) is 0 Å². The third-order valence-corrected chi connectivity index (χ3v) is 8.26. The summed E-state index contributed by atoms with van der Waals surface area (Å²) < 4.78 is 1.80. The highest BCUT2D eigenvalue weighted by molar-refractivity contribution is 8.00. The number of nitrogens with zero attached hydrogens (tertiary/aromatic N) is 3. The highest BCUT2D eigenvalue weighted by Gasteiger charge is 2.24. The zero-order valence-electron chi connectivity index (χ0n) is 19.6. The van der Waals surface area contributed by atoms with Crippen LogP contribution in [0, 0.1) is 0 Å². The van der Waals surface area contributed by atoms with E-state index < -0.39 is 0 Å². The predicted octanol–water partition coefficient (Wildman–Crippen LogP) is 4.09. The number of fused-ring (bicyclic) bond motifs is 3. The molecular weight excluding hydrogens is 452 g/mol. The first-order chi connectivity index (χ1) is 15.9. The van der Waals surface area contributed by atoms with E-state index >= 15 is 0 Å². The van der Waals surface area contributed by atoms with Crippen molar-refractivity contribution in [2.45, 2.75) is 62.5 Å². The molecule has 1 N–H and O–H groups in total. The van der Waals surface area contributed by atoms with Gasteiger partial charge in [-0.1, -0.05) is 42.1 Å². The van der Waals surface area contributed by atoms with Crippen molar-refractivity contribution in [1.82, 2.24) is 19.8 Å². The largest absolute Gasteiger partial charge is 0.351 e. The van der Waals surface area contributed by atoms with E-state index in [9.17, 15) is 9.59 Å². The fraction of sp³-hybridized carbons (Fsp3) is 0.480. The number of nitrogens with one attached hydrogen (secondary N) is 1. The summed E-state index contributed by atoms with van der Waals surface area (Å²) in [5, 5.41) is 4.11. The molecule has 0 bridgehead atoms. The second-order valence-electron chi connectivity index (χ2n) is 8.86. The van der Waals surface area contributed by atoms with Gasteiger partial charge in [-0.2, -0.15) is 0 Å². The summed E-state index contributed by atoms with van der Waals surface area (Å²) in [6.07, 6.45) is 5.17. The minimum absolute atomic E-state index is 0.0523. The number of rotatable bonds is 9. The molecule has 1 unspecified atom stereocenters. The van der Waals surface area contributed by atoms with E-state index in [2.05, 4.69) is 10.2 Å². The van der Waals surface area contributed by atoms with E-state index in [1.165, 1.54) is 28.6 Å². The molecule has 8 heteroatoms. The fourth-order valence-electron chi connectivity index (χ4n) is 4.19. The molecule has 33 heavy (non-hydrogen) atoms. The van der Waals surface area contributed by atoms with Crippen molar-refractivity contribution in [3.05, 3.63) is 56.7 Å². The maximum Gasteiger partial charge on any atom is 0.263 e. The van der Waals surface area contributed by atoms with Gasteiger partial charge in [0.1, 0.15) is 4.83 Å². The van der Waals surface area contributed by atoms with E-state index in [-0.39, 0.29) is 16.7 Å². The lowest BCUT2D eigenvalue weighted by Gasteiger charge is -2.17. The van der Waals surface area contributed by atoms with Crippen LogP contribution in [0.15, 0.2) is 40.3 Å². The van der Waals surface area contributed by atoms with Gasteiger partial charge in [0, 0.05) is 18.0 Å². The monoisotopic (exact) mass is 484 g/mol. The number of aryl methyl sites for hydroxylation is 2. The Balaban J connectivity index is 1.59. The van der Waals surface area contributed by atoms with Crippen molar-refractivity contribution in [2.24, 2.45) is 0 Å². The molecule has 1 aliphatic carbocycles. The van der Waals surface area contributed by atoms with Crippen LogP contribution in [0.3, 0.4) is 0 Å². The minimum Gasteiger partial charge on any atom is -0.351 e. The predicted molar refractivity (Wildman–Crippen MR) is 137 cm³/mol. The number of thioether (sulfide) groups is 1. The molecule has 1 amide bonds. The van der Waals surface area contributed by atoms with Crippen molar-refractivity contribution in [1.29, 1.82) is 0 Å². The molecule has 1 aliphatic rings. The Hall–Kier alpha value is -2.16. The number of amides is 1. The van der Waals surface area contributed by atoms with Crippen LogP contribution >= 0.6 is 23.1 Å². The van der Waals surface area contributed by atoms with E-state index in [1.54, 1.807) is 15.9 Å². The summed E-state index contributed by atoms with van der Waals surface area (Å²) in [4.78, 5) is 35.6. The van der Waals surface area contributed by atoms with Crippen LogP contribution < -0.4 is 10.9 Å². The second-order valence-corrected chi connectivity index (χ2v) is 11.3. The summed E-state index contributed by atoms with van der Waals surface area (Å²) in [5.74, 6) is -0.0523. The second kappa shape index (κ2) is 10.8. The lowest BCUT2D eigenvalue weighted by molar-refractivity contribution is -0.120. The SMILES string of the molecule is CC(Sc1nc2sc3c(c2c(=O)n1CCCN(C)C)CCCC3)C(=O)NCc1ccccc1. The van der Waals surface area contributed by atoms with Gasteiger partial charge in [0.15, 0.2) is 5.16 Å². The summed E-state index contributed by atoms with van der Waals surface area (Å²) in [5.41, 5.74) is 2.33. The van der Waals surface area contributed by atoms with Crippen LogP contribution in [0.4, 0.5) is 0 Å². The van der Waals surface area contributed by atoms with Crippen molar-refractivity contribution >= 4 is 39.2 Å². The zero-order valence-corrected chi connectivity index (χ0v) is 21.2. The number of carbonyl (C=O) groups excluding carboxylic acids is 1. The highest BCUT2D eigenvalue weighted by atomic mass is 32.2. The fourth-order valence-corrected chi connectivity index (χ4v) is 6.45. The summed E-state index contributed by atoms with van der Waals surface area (Å²) >= 11 is 3.04. The number of hydrogen-bond donors (Lipinski definition) is 1. The van der Waals surface area contributed by atoms with E-state index in [4.69, 9.17) is 4.98 Å². The van der Waals surface area contributed by atoms with Gasteiger partial charge in [0.2, 0.25) is 5.91 Å². The van der Waals surface area contributed by atoms with Gasteiger partial charge in [-0.3, -0.25) is 14.2 Å². The van der Waals surface area contributed by atoms with Crippen molar-refractivity contribution in [3.8, 4) is 0 Å². The highest BCUT2D eigenvalue weighted by Crippen LogP contribution is 2.35. The number of benzene rings is 1. The summed E-state index contributed by atoms with van der Waals surface area (Å²) in [6.45, 7) is 3.87. The van der Waals surface area contributed by atoms with Gasteiger partial charge < -0.3 is 10.2 Å². The summed E-state index contributed by atoms with van der Waals surface area (Å²) in [6, 6.07) is 9.88. The molecule has 0 aliphatic heterocycles. The van der Waals surface area contributed by atoms with Crippen molar-refractivity contribution < 1.29 is 4.79 Å². The Bertz CT molecular complexity index is 1170. The minimum atomic E-state index is -0.354. The molecule has 1 atom stereocenters. The van der Waals surface area contributed by atoms with E-state index in [0.29, 0.717) is 18.2 Å². The molecule has 2 heterocycles. The lowest BCUT2D eigenvalue weighted by Crippen LogP contribution is -2.32. The van der Waals surface area contributed by atoms with Gasteiger partial charge in [0.25, 0.3) is 5.56 Å². The first-order valence-corrected chi connectivity index (χ1v) is 13.3. The number of thiophene rings is 1. The van der Waals surface area contributed by atoms with Gasteiger partial charge >= 0.3 is 0 Å². The average Bonchev–Trinajstić information content (AvgIpc) is 3.18. The van der Waals surface area contributed by atoms with Crippen LogP contribution in [0.1, 0.15) is 42.2 Å². The van der Waals surface area contributed by atoms with E-state index in [0.717, 1.165) is 48.0 Å². The average molecular weight is 485 g/mol. The maximum absolute atomic E-state index is 13.6. The number of hydrogen-bond acceptors (Lipinski definition) is 6. The Morgan fingerprint density at radius 3 is 2.76 bits per heavy atom. The Morgan fingerprint density at radius 2 is 2.00 bits per heavy atom. The van der Waals surface area contributed by atoms with Crippen molar-refractivity contribution in [3.63, 3.8) is 0 Å². The molecule has 2 aromatic heterocycles. The molecule has 1 aromatic carbocycles. The lowest BCUT2D eigenvalue weighted by atomic mass is 9.97. The van der Waals surface area contributed by atoms with Crippen LogP contribution in [-0.4, -0.2) is 46.2 Å². The zero-order chi connectivity index (χ0) is 23.4. The molecule has 3 aromatic rings. The molecule has 0 saturated carbocycles. The smallest absolute Gasteiger partial charge is 0.263 e. The maximum atomic E-state index is 13.6. The molecule has 6 nitrogen and oxygen atoms in total. The van der Waals surface area contributed by atoms with Gasteiger partial charge in [-0.15, -0.1) is 11.3 Å². The van der Waals surface area contributed by atoms with Gasteiger partial charge in [-0.25, -0.2) is 4.98 Å². The normalized spacial score (nSPS) is 14.4. The summed E-state index contributed by atoms with van der Waals surface area (Å²) in [7, 11) is 4.07. The standard InChI is InChI=1S/C25H32N4O2S2/c1-17(22(30)26-16-18-10-5-4-6-11-18)32-25-27-23-21(19-12-7-8-13-20(19)33-23)24(31)29(25)15-9-14-28(2)3/h4-6,10-11,17H,7-9,12-16H2,1-3H3,(H,26,30). The Morgan fingerprint density at radius 1 is 1.24 bits per heavy atom. The topological polar surface area (TPSA) is 67.2 Å². The molecular formula is C25H32N4O2S2. The number of carbonyl (C=O) groups is 1. The Labute approximate surface area is 203 Å². The molecule has 0 spiro atoms. The van der Waals surface area contributed by atoms with E-state index in [1.807, 2.05) is 51.4 Å². The Kier molecular flexibility index (Phi) is 7.88. The third kappa shape index (κ3) is 5.67. The number of aromatic nitrogens is 2. The van der Waals surface area contributed by atoms with Crippen molar-refractivity contribution in [2.75, 3.05) is 20.6 Å². The first kappa shape index (κ1) is 24.0. The quantitative estimate of drug-likeness (QED) is 0.366. The molecule has 4 rings (SSSR count). The van der Waals surface area contributed by atoms with Crippen LogP contribution in [0.2, 0.25) is 0 Å². The molecule has 0 fully saturated rings. The van der Waals surface area contributed by atoms with Gasteiger partial charge in [0.05, 0.1) is 10.6 Å². The van der Waals surface area contributed by atoms with Gasteiger partial charge in [-0.05, 0) is 70.8 Å². The first-order valence-electron chi connectivity index (χ1n) is 11.6. The molecule has 0 saturated heterocycles. The molecule has 0 radical (unpaired) electrons. The molecule has 176 valence electrons. The third-order valence-electron chi connectivity index (χ3n) is 5.99.